The van der Waals surface area contributed by atoms with Gasteiger partial charge in [0, 0.05) is 26.2 Å². The van der Waals surface area contributed by atoms with Crippen LogP contribution >= 0.6 is 0 Å². The first kappa shape index (κ1) is 19.2. The van der Waals surface area contributed by atoms with Crippen LogP contribution in [0.3, 0.4) is 0 Å². The number of hydrogen-bond acceptors (Lipinski definition) is 4. The Labute approximate surface area is 161 Å². The highest BCUT2D eigenvalue weighted by atomic mass is 16.5. The SMILES string of the molecule is Cc1cc(C)c(OCC(=O)Nc2ccccc2N2CCN(C)CC2)c(C)c1. The van der Waals surface area contributed by atoms with Gasteiger partial charge in [-0.05, 0) is 51.1 Å². The van der Waals surface area contributed by atoms with E-state index in [1.165, 1.54) is 5.56 Å². The van der Waals surface area contributed by atoms with Gasteiger partial charge in [-0.1, -0.05) is 29.8 Å². The highest BCUT2D eigenvalue weighted by molar-refractivity contribution is 5.95. The van der Waals surface area contributed by atoms with Crippen LogP contribution in [0.15, 0.2) is 36.4 Å². The monoisotopic (exact) mass is 367 g/mol. The van der Waals surface area contributed by atoms with Crippen molar-refractivity contribution >= 4 is 17.3 Å². The smallest absolute Gasteiger partial charge is 0.262 e. The van der Waals surface area contributed by atoms with E-state index in [1.807, 2.05) is 32.0 Å². The van der Waals surface area contributed by atoms with Crippen molar-refractivity contribution in [3.8, 4) is 5.75 Å². The molecule has 2 aromatic rings. The van der Waals surface area contributed by atoms with Crippen LogP contribution in [0.1, 0.15) is 16.7 Å². The van der Waals surface area contributed by atoms with E-state index >= 15 is 0 Å². The number of carbonyl (C=O) groups excluding carboxylic acids is 1. The Hall–Kier alpha value is -2.53. The summed E-state index contributed by atoms with van der Waals surface area (Å²) in [6.45, 7) is 10.1. The summed E-state index contributed by atoms with van der Waals surface area (Å²) < 4.78 is 5.82. The number of benzene rings is 2. The Morgan fingerprint density at radius 3 is 2.33 bits per heavy atom. The normalized spacial score (nSPS) is 14.9. The third-order valence-electron chi connectivity index (χ3n) is 4.97. The molecular formula is C22H29N3O2. The number of likely N-dealkylation sites (N-methyl/N-ethyl adjacent to an activating group) is 1. The maximum Gasteiger partial charge on any atom is 0.262 e. The van der Waals surface area contributed by atoms with E-state index in [1.54, 1.807) is 0 Å². The number of anilines is 2. The standard InChI is InChI=1S/C22H29N3O2/c1-16-13-17(2)22(18(3)14-16)27-15-21(26)23-19-7-5-6-8-20(19)25-11-9-24(4)10-12-25/h5-8,13-14H,9-12,15H2,1-4H3,(H,23,26). The number of nitrogens with zero attached hydrogens (tertiary/aromatic N) is 2. The van der Waals surface area contributed by atoms with Crippen molar-refractivity contribution in [3.05, 3.63) is 53.1 Å². The fourth-order valence-corrected chi connectivity index (χ4v) is 3.62. The van der Waals surface area contributed by atoms with Gasteiger partial charge in [-0.2, -0.15) is 0 Å². The van der Waals surface area contributed by atoms with Crippen LogP contribution in [-0.2, 0) is 4.79 Å². The van der Waals surface area contributed by atoms with Gasteiger partial charge in [0.1, 0.15) is 5.75 Å². The van der Waals surface area contributed by atoms with Gasteiger partial charge in [-0.25, -0.2) is 0 Å². The quantitative estimate of drug-likeness (QED) is 0.880. The predicted octanol–water partition coefficient (Wildman–Crippen LogP) is 3.38. The topological polar surface area (TPSA) is 44.8 Å². The minimum Gasteiger partial charge on any atom is -0.483 e. The molecular weight excluding hydrogens is 338 g/mol. The van der Waals surface area contributed by atoms with Gasteiger partial charge in [0.05, 0.1) is 11.4 Å². The summed E-state index contributed by atoms with van der Waals surface area (Å²) in [6, 6.07) is 12.1. The zero-order chi connectivity index (χ0) is 19.4. The summed E-state index contributed by atoms with van der Waals surface area (Å²) in [4.78, 5) is 17.1. The summed E-state index contributed by atoms with van der Waals surface area (Å²) in [5.74, 6) is 0.652. The third-order valence-corrected chi connectivity index (χ3v) is 4.97. The molecule has 0 unspecified atom stereocenters. The number of carbonyl (C=O) groups is 1. The highest BCUT2D eigenvalue weighted by Crippen LogP contribution is 2.27. The molecule has 1 saturated heterocycles. The van der Waals surface area contributed by atoms with Crippen LogP contribution in [0.2, 0.25) is 0 Å². The van der Waals surface area contributed by atoms with E-state index in [4.69, 9.17) is 4.74 Å². The molecule has 1 aliphatic heterocycles. The van der Waals surface area contributed by atoms with E-state index in [0.717, 1.165) is 54.4 Å². The second-order valence-corrected chi connectivity index (χ2v) is 7.37. The summed E-state index contributed by atoms with van der Waals surface area (Å²) in [5.41, 5.74) is 5.22. The van der Waals surface area contributed by atoms with Crippen molar-refractivity contribution in [3.63, 3.8) is 0 Å². The number of nitrogens with one attached hydrogen (secondary N) is 1. The molecule has 2 aromatic carbocycles. The summed E-state index contributed by atoms with van der Waals surface area (Å²) in [7, 11) is 2.14. The molecule has 1 N–H and O–H groups in total. The molecule has 1 aliphatic rings. The lowest BCUT2D eigenvalue weighted by Crippen LogP contribution is -2.44. The molecule has 27 heavy (non-hydrogen) atoms. The fraction of sp³-hybridized carbons (Fsp3) is 0.409. The lowest BCUT2D eigenvalue weighted by molar-refractivity contribution is -0.118. The molecule has 0 saturated carbocycles. The molecule has 5 nitrogen and oxygen atoms in total. The molecule has 0 bridgehead atoms. The Bertz CT molecular complexity index is 788. The van der Waals surface area contributed by atoms with Crippen molar-refractivity contribution in [2.75, 3.05) is 50.1 Å². The molecule has 1 heterocycles. The number of hydrogen-bond donors (Lipinski definition) is 1. The van der Waals surface area contributed by atoms with E-state index in [0.29, 0.717) is 0 Å². The minimum atomic E-state index is -0.143. The van der Waals surface area contributed by atoms with Crippen molar-refractivity contribution in [2.24, 2.45) is 0 Å². The molecule has 3 rings (SSSR count). The number of piperazine rings is 1. The Morgan fingerprint density at radius 2 is 1.67 bits per heavy atom. The highest BCUT2D eigenvalue weighted by Gasteiger charge is 2.18. The first-order valence-electron chi connectivity index (χ1n) is 9.47. The Kier molecular flexibility index (Phi) is 6.01. The van der Waals surface area contributed by atoms with E-state index in [2.05, 4.69) is 47.3 Å². The van der Waals surface area contributed by atoms with Gasteiger partial charge in [0.25, 0.3) is 5.91 Å². The van der Waals surface area contributed by atoms with E-state index in [-0.39, 0.29) is 12.5 Å². The molecule has 0 radical (unpaired) electrons. The first-order chi connectivity index (χ1) is 12.9. The average molecular weight is 367 g/mol. The average Bonchev–Trinajstić information content (AvgIpc) is 2.62. The van der Waals surface area contributed by atoms with Crippen LogP contribution in [-0.4, -0.2) is 50.6 Å². The van der Waals surface area contributed by atoms with Crippen LogP contribution in [0.5, 0.6) is 5.75 Å². The van der Waals surface area contributed by atoms with Crippen molar-refractivity contribution in [1.82, 2.24) is 4.90 Å². The molecule has 0 atom stereocenters. The van der Waals surface area contributed by atoms with Crippen molar-refractivity contribution < 1.29 is 9.53 Å². The Morgan fingerprint density at radius 1 is 1.04 bits per heavy atom. The van der Waals surface area contributed by atoms with Crippen LogP contribution in [0.25, 0.3) is 0 Å². The van der Waals surface area contributed by atoms with Crippen LogP contribution in [0.4, 0.5) is 11.4 Å². The number of ether oxygens (including phenoxy) is 1. The van der Waals surface area contributed by atoms with E-state index in [9.17, 15) is 4.79 Å². The van der Waals surface area contributed by atoms with E-state index < -0.39 is 0 Å². The second kappa shape index (κ2) is 8.44. The van der Waals surface area contributed by atoms with Gasteiger partial charge in [-0.3, -0.25) is 4.79 Å². The third kappa shape index (κ3) is 4.80. The molecule has 0 aromatic heterocycles. The number of amides is 1. The zero-order valence-corrected chi connectivity index (χ0v) is 16.7. The maximum absolute atomic E-state index is 12.5. The van der Waals surface area contributed by atoms with Gasteiger partial charge >= 0.3 is 0 Å². The van der Waals surface area contributed by atoms with Crippen molar-refractivity contribution in [2.45, 2.75) is 20.8 Å². The molecule has 5 heteroatoms. The fourth-order valence-electron chi connectivity index (χ4n) is 3.62. The second-order valence-electron chi connectivity index (χ2n) is 7.37. The lowest BCUT2D eigenvalue weighted by atomic mass is 10.1. The number of aryl methyl sites for hydroxylation is 3. The van der Waals surface area contributed by atoms with Gasteiger partial charge in [0.15, 0.2) is 6.61 Å². The van der Waals surface area contributed by atoms with Crippen LogP contribution in [0, 0.1) is 20.8 Å². The van der Waals surface area contributed by atoms with Crippen LogP contribution < -0.4 is 15.0 Å². The minimum absolute atomic E-state index is 0.00180. The predicted molar refractivity (Wildman–Crippen MR) is 111 cm³/mol. The molecule has 0 spiro atoms. The van der Waals surface area contributed by atoms with Gasteiger partial charge < -0.3 is 19.9 Å². The Balaban J connectivity index is 1.65. The number of para-hydroxylation sites is 2. The van der Waals surface area contributed by atoms with Gasteiger partial charge in [0.2, 0.25) is 0 Å². The molecule has 1 amide bonds. The van der Waals surface area contributed by atoms with Gasteiger partial charge in [-0.15, -0.1) is 0 Å². The first-order valence-corrected chi connectivity index (χ1v) is 9.47. The molecule has 0 aliphatic carbocycles. The molecule has 1 fully saturated rings. The summed E-state index contributed by atoms with van der Waals surface area (Å²) in [6.07, 6.45) is 0. The summed E-state index contributed by atoms with van der Waals surface area (Å²) >= 11 is 0. The largest absolute Gasteiger partial charge is 0.483 e. The number of rotatable bonds is 5. The zero-order valence-electron chi connectivity index (χ0n) is 16.7. The maximum atomic E-state index is 12.5. The summed E-state index contributed by atoms with van der Waals surface area (Å²) in [5, 5.41) is 3.02. The molecule has 144 valence electrons. The van der Waals surface area contributed by atoms with Crippen molar-refractivity contribution in [1.29, 1.82) is 0 Å². The lowest BCUT2D eigenvalue weighted by Gasteiger charge is -2.35.